The van der Waals surface area contributed by atoms with Crippen molar-refractivity contribution in [3.8, 4) is 0 Å². The first-order valence-corrected chi connectivity index (χ1v) is 9.59. The van der Waals surface area contributed by atoms with Crippen molar-refractivity contribution >= 4 is 39.5 Å². The summed E-state index contributed by atoms with van der Waals surface area (Å²) in [6.45, 7) is 3.07. The summed E-state index contributed by atoms with van der Waals surface area (Å²) in [5.41, 5.74) is 0.794. The van der Waals surface area contributed by atoms with E-state index in [9.17, 15) is 4.39 Å². The highest BCUT2D eigenvalue weighted by molar-refractivity contribution is 9.10. The van der Waals surface area contributed by atoms with E-state index in [1.54, 1.807) is 12.1 Å². The van der Waals surface area contributed by atoms with Crippen LogP contribution in [-0.4, -0.2) is 29.1 Å². The van der Waals surface area contributed by atoms with Gasteiger partial charge in [-0.1, -0.05) is 22.9 Å². The Bertz CT molecular complexity index is 410. The Morgan fingerprint density at radius 3 is 3.00 bits per heavy atom. The molecule has 1 nitrogen and oxygen atoms in total. The zero-order valence-electron chi connectivity index (χ0n) is 11.0. The van der Waals surface area contributed by atoms with Gasteiger partial charge in [-0.25, -0.2) is 4.39 Å². The molecule has 1 aliphatic heterocycles. The molecule has 0 bridgehead atoms. The molecule has 1 saturated heterocycles. The minimum Gasteiger partial charge on any atom is -0.309 e. The van der Waals surface area contributed by atoms with Gasteiger partial charge in [0.05, 0.1) is 0 Å². The van der Waals surface area contributed by atoms with E-state index in [0.717, 1.165) is 34.5 Å². The summed E-state index contributed by atoms with van der Waals surface area (Å²) in [5, 5.41) is 3.98. The topological polar surface area (TPSA) is 12.0 Å². The second-order valence-electron chi connectivity index (χ2n) is 4.58. The minimum absolute atomic E-state index is 0.104. The Kier molecular flexibility index (Phi) is 6.53. The van der Waals surface area contributed by atoms with Crippen molar-refractivity contribution in [2.45, 2.75) is 24.6 Å². The third-order valence-corrected chi connectivity index (χ3v) is 6.48. The molecule has 0 saturated carbocycles. The molecule has 1 aromatic rings. The van der Waals surface area contributed by atoms with Crippen LogP contribution in [0, 0.1) is 5.82 Å². The van der Waals surface area contributed by atoms with Crippen molar-refractivity contribution in [2.24, 2.45) is 0 Å². The zero-order valence-corrected chi connectivity index (χ0v) is 14.2. The number of thioether (sulfide) groups is 2. The summed E-state index contributed by atoms with van der Waals surface area (Å²) in [7, 11) is 0. The molecule has 0 aliphatic carbocycles. The molecule has 0 amide bonds. The smallest absolute Gasteiger partial charge is 0.128 e. The SMILES string of the molecule is CCCNC(c1cc(Br)ccc1F)C1CSCCS1. The number of hydrogen-bond acceptors (Lipinski definition) is 3. The van der Waals surface area contributed by atoms with Gasteiger partial charge in [0, 0.05) is 38.6 Å². The van der Waals surface area contributed by atoms with Gasteiger partial charge in [-0.05, 0) is 31.2 Å². The van der Waals surface area contributed by atoms with Gasteiger partial charge in [0.15, 0.2) is 0 Å². The molecule has 2 atom stereocenters. The summed E-state index contributed by atoms with van der Waals surface area (Å²) in [5.74, 6) is 3.36. The Hall–Kier alpha value is 0.290. The molecule has 5 heteroatoms. The summed E-state index contributed by atoms with van der Waals surface area (Å²) in [6, 6.07) is 5.34. The van der Waals surface area contributed by atoms with Crippen LogP contribution in [0.15, 0.2) is 22.7 Å². The molecule has 2 unspecified atom stereocenters. The zero-order chi connectivity index (χ0) is 13.7. The second kappa shape index (κ2) is 7.91. The maximum atomic E-state index is 14.1. The lowest BCUT2D eigenvalue weighted by atomic mass is 10.0. The van der Waals surface area contributed by atoms with Crippen LogP contribution in [0.25, 0.3) is 0 Å². The van der Waals surface area contributed by atoms with Crippen LogP contribution >= 0.6 is 39.5 Å². The second-order valence-corrected chi connectivity index (χ2v) is 7.99. The number of hydrogen-bond donors (Lipinski definition) is 1. The van der Waals surface area contributed by atoms with E-state index in [0.29, 0.717) is 5.25 Å². The molecule has 0 radical (unpaired) electrons. The average molecular weight is 364 g/mol. The van der Waals surface area contributed by atoms with Crippen molar-refractivity contribution in [1.82, 2.24) is 5.32 Å². The molecule has 106 valence electrons. The van der Waals surface area contributed by atoms with Crippen LogP contribution in [0.3, 0.4) is 0 Å². The molecule has 0 spiro atoms. The monoisotopic (exact) mass is 363 g/mol. The minimum atomic E-state index is -0.104. The van der Waals surface area contributed by atoms with Gasteiger partial charge in [0.1, 0.15) is 5.82 Å². The molecule has 1 aromatic carbocycles. The number of nitrogens with one attached hydrogen (secondary N) is 1. The predicted octanol–water partition coefficient (Wildman–Crippen LogP) is 4.48. The summed E-state index contributed by atoms with van der Waals surface area (Å²) in [4.78, 5) is 0. The Labute approximate surface area is 131 Å². The highest BCUT2D eigenvalue weighted by atomic mass is 79.9. The van der Waals surface area contributed by atoms with Crippen molar-refractivity contribution in [1.29, 1.82) is 0 Å². The fraction of sp³-hybridized carbons (Fsp3) is 0.571. The largest absolute Gasteiger partial charge is 0.309 e. The molecule has 2 rings (SSSR count). The fourth-order valence-corrected chi connectivity index (χ4v) is 5.43. The van der Waals surface area contributed by atoms with Crippen molar-refractivity contribution in [2.75, 3.05) is 23.8 Å². The van der Waals surface area contributed by atoms with Gasteiger partial charge >= 0.3 is 0 Å². The van der Waals surface area contributed by atoms with E-state index in [-0.39, 0.29) is 11.9 Å². The van der Waals surface area contributed by atoms with E-state index < -0.39 is 0 Å². The standard InChI is InChI=1S/C14H19BrFNS2/c1-2-5-17-14(13-9-18-6-7-19-13)11-8-10(15)3-4-12(11)16/h3-4,8,13-14,17H,2,5-7,9H2,1H3. The van der Waals surface area contributed by atoms with Crippen molar-refractivity contribution < 1.29 is 4.39 Å². The van der Waals surface area contributed by atoms with Gasteiger partial charge in [-0.15, -0.1) is 0 Å². The normalized spacial score (nSPS) is 21.3. The molecule has 1 aliphatic rings. The maximum Gasteiger partial charge on any atom is 0.128 e. The Morgan fingerprint density at radius 1 is 1.47 bits per heavy atom. The van der Waals surface area contributed by atoms with Gasteiger partial charge in [0.2, 0.25) is 0 Å². The first-order valence-electron chi connectivity index (χ1n) is 6.60. The molecule has 19 heavy (non-hydrogen) atoms. The molecular weight excluding hydrogens is 345 g/mol. The van der Waals surface area contributed by atoms with Gasteiger partial charge in [0.25, 0.3) is 0 Å². The van der Waals surface area contributed by atoms with Crippen LogP contribution in [0.2, 0.25) is 0 Å². The highest BCUT2D eigenvalue weighted by Gasteiger charge is 2.27. The third kappa shape index (κ3) is 4.38. The lowest BCUT2D eigenvalue weighted by Crippen LogP contribution is -2.34. The molecule has 1 fully saturated rings. The number of rotatable bonds is 5. The fourth-order valence-electron chi connectivity index (χ4n) is 2.19. The van der Waals surface area contributed by atoms with E-state index in [2.05, 4.69) is 28.2 Å². The quantitative estimate of drug-likeness (QED) is 0.828. The van der Waals surface area contributed by atoms with Gasteiger partial charge in [-0.2, -0.15) is 23.5 Å². The van der Waals surface area contributed by atoms with Gasteiger partial charge < -0.3 is 5.32 Å². The van der Waals surface area contributed by atoms with Crippen molar-refractivity contribution in [3.63, 3.8) is 0 Å². The lowest BCUT2D eigenvalue weighted by molar-refractivity contribution is 0.497. The van der Waals surface area contributed by atoms with Crippen molar-refractivity contribution in [3.05, 3.63) is 34.1 Å². The molecule has 1 N–H and O–H groups in total. The predicted molar refractivity (Wildman–Crippen MR) is 88.7 cm³/mol. The van der Waals surface area contributed by atoms with Gasteiger partial charge in [-0.3, -0.25) is 0 Å². The number of halogens is 2. The third-order valence-electron chi connectivity index (χ3n) is 3.12. The van der Waals surface area contributed by atoms with Crippen LogP contribution in [-0.2, 0) is 0 Å². The summed E-state index contributed by atoms with van der Waals surface area (Å²) < 4.78 is 15.1. The van der Waals surface area contributed by atoms with Crippen LogP contribution in [0.1, 0.15) is 24.9 Å². The summed E-state index contributed by atoms with van der Waals surface area (Å²) in [6.07, 6.45) is 1.07. The number of benzene rings is 1. The van der Waals surface area contributed by atoms with E-state index >= 15 is 0 Å². The Morgan fingerprint density at radius 2 is 2.32 bits per heavy atom. The average Bonchev–Trinajstić information content (AvgIpc) is 2.44. The first-order chi connectivity index (χ1) is 9.22. The molecule has 1 heterocycles. The summed E-state index contributed by atoms with van der Waals surface area (Å²) >= 11 is 7.39. The highest BCUT2D eigenvalue weighted by Crippen LogP contribution is 2.35. The van der Waals surface area contributed by atoms with Crippen LogP contribution in [0.4, 0.5) is 4.39 Å². The van der Waals surface area contributed by atoms with Crippen LogP contribution < -0.4 is 5.32 Å². The lowest BCUT2D eigenvalue weighted by Gasteiger charge is -2.31. The molecular formula is C14H19BrFNS2. The van der Waals surface area contributed by atoms with Crippen LogP contribution in [0.5, 0.6) is 0 Å². The van der Waals surface area contributed by atoms with E-state index in [1.165, 1.54) is 5.75 Å². The maximum absolute atomic E-state index is 14.1. The van der Waals surface area contributed by atoms with E-state index in [4.69, 9.17) is 0 Å². The molecule has 0 aromatic heterocycles. The first kappa shape index (κ1) is 15.7. The Balaban J connectivity index is 2.22. The van der Waals surface area contributed by atoms with E-state index in [1.807, 2.05) is 29.6 Å².